The lowest BCUT2D eigenvalue weighted by molar-refractivity contribution is 0.0957. The van der Waals surface area contributed by atoms with E-state index in [-0.39, 0.29) is 5.91 Å². The highest BCUT2D eigenvalue weighted by Crippen LogP contribution is 2.15. The molecule has 0 bridgehead atoms. The summed E-state index contributed by atoms with van der Waals surface area (Å²) in [6.07, 6.45) is 4.55. The molecule has 1 aromatic carbocycles. The summed E-state index contributed by atoms with van der Waals surface area (Å²) in [5.74, 6) is 0.211. The Morgan fingerprint density at radius 2 is 2.00 bits per heavy atom. The van der Waals surface area contributed by atoms with E-state index in [0.29, 0.717) is 29.6 Å². The van der Waals surface area contributed by atoms with Gasteiger partial charge in [-0.1, -0.05) is 35.9 Å². The normalized spacial score (nSPS) is 9.95. The third-order valence-corrected chi connectivity index (χ3v) is 3.08. The summed E-state index contributed by atoms with van der Waals surface area (Å²) in [5, 5.41) is 6.40. The highest BCUT2D eigenvalue weighted by molar-refractivity contribution is 6.31. The SMILES string of the molecule is C=CCNC(=O)c1cnc(NCc2ccccc2Cl)nc1. The van der Waals surface area contributed by atoms with Gasteiger partial charge in [0.1, 0.15) is 0 Å². The molecule has 0 saturated heterocycles. The Balaban J connectivity index is 1.95. The quantitative estimate of drug-likeness (QED) is 0.805. The van der Waals surface area contributed by atoms with Crippen molar-refractivity contribution >= 4 is 23.5 Å². The Morgan fingerprint density at radius 3 is 2.67 bits per heavy atom. The third kappa shape index (κ3) is 4.29. The predicted octanol–water partition coefficient (Wildman–Crippen LogP) is 2.66. The highest BCUT2D eigenvalue weighted by Gasteiger charge is 2.06. The summed E-state index contributed by atoms with van der Waals surface area (Å²) in [7, 11) is 0. The van der Waals surface area contributed by atoms with Crippen molar-refractivity contribution in [3.63, 3.8) is 0 Å². The van der Waals surface area contributed by atoms with Gasteiger partial charge in [0.15, 0.2) is 0 Å². The Kier molecular flexibility index (Phi) is 5.29. The van der Waals surface area contributed by atoms with E-state index in [0.717, 1.165) is 5.56 Å². The van der Waals surface area contributed by atoms with Crippen molar-refractivity contribution < 1.29 is 4.79 Å². The molecule has 5 nitrogen and oxygen atoms in total. The van der Waals surface area contributed by atoms with Crippen LogP contribution in [0.4, 0.5) is 5.95 Å². The lowest BCUT2D eigenvalue weighted by Gasteiger charge is -2.07. The first-order valence-corrected chi connectivity index (χ1v) is 6.77. The van der Waals surface area contributed by atoms with Gasteiger partial charge in [0.2, 0.25) is 5.95 Å². The molecule has 1 aromatic heterocycles. The zero-order chi connectivity index (χ0) is 15.1. The fourth-order valence-electron chi connectivity index (χ4n) is 1.62. The molecule has 0 radical (unpaired) electrons. The van der Waals surface area contributed by atoms with E-state index in [2.05, 4.69) is 27.2 Å². The van der Waals surface area contributed by atoms with Crippen LogP contribution in [-0.4, -0.2) is 22.4 Å². The van der Waals surface area contributed by atoms with Gasteiger partial charge in [-0.3, -0.25) is 4.79 Å². The topological polar surface area (TPSA) is 66.9 Å². The molecule has 0 spiro atoms. The van der Waals surface area contributed by atoms with Crippen molar-refractivity contribution in [3.05, 3.63) is 65.5 Å². The molecule has 108 valence electrons. The molecule has 1 amide bonds. The van der Waals surface area contributed by atoms with Crippen molar-refractivity contribution in [3.8, 4) is 0 Å². The van der Waals surface area contributed by atoms with Crippen LogP contribution in [0.2, 0.25) is 5.02 Å². The van der Waals surface area contributed by atoms with E-state index < -0.39 is 0 Å². The van der Waals surface area contributed by atoms with Crippen LogP contribution in [0, 0.1) is 0 Å². The number of hydrogen-bond donors (Lipinski definition) is 2. The number of carbonyl (C=O) groups is 1. The van der Waals surface area contributed by atoms with Crippen LogP contribution in [0.3, 0.4) is 0 Å². The predicted molar refractivity (Wildman–Crippen MR) is 83.3 cm³/mol. The monoisotopic (exact) mass is 302 g/mol. The second kappa shape index (κ2) is 7.40. The number of rotatable bonds is 6. The summed E-state index contributed by atoms with van der Waals surface area (Å²) in [5.41, 5.74) is 1.36. The molecule has 21 heavy (non-hydrogen) atoms. The second-order valence-electron chi connectivity index (χ2n) is 4.24. The molecular formula is C15H15ClN4O. The fourth-order valence-corrected chi connectivity index (χ4v) is 1.82. The lowest BCUT2D eigenvalue weighted by Crippen LogP contribution is -2.23. The van der Waals surface area contributed by atoms with Crippen molar-refractivity contribution in [1.29, 1.82) is 0 Å². The molecule has 1 heterocycles. The summed E-state index contributed by atoms with van der Waals surface area (Å²) in [6, 6.07) is 7.54. The number of nitrogens with one attached hydrogen (secondary N) is 2. The summed E-state index contributed by atoms with van der Waals surface area (Å²) in [6.45, 7) is 4.46. The summed E-state index contributed by atoms with van der Waals surface area (Å²) in [4.78, 5) is 19.9. The zero-order valence-electron chi connectivity index (χ0n) is 11.3. The van der Waals surface area contributed by atoms with Crippen molar-refractivity contribution in [2.75, 3.05) is 11.9 Å². The van der Waals surface area contributed by atoms with E-state index in [1.54, 1.807) is 6.08 Å². The Bertz CT molecular complexity index is 628. The Labute approximate surface area is 128 Å². The molecule has 0 saturated carbocycles. The number of amides is 1. The zero-order valence-corrected chi connectivity index (χ0v) is 12.1. The number of hydrogen-bond acceptors (Lipinski definition) is 4. The third-order valence-electron chi connectivity index (χ3n) is 2.72. The van der Waals surface area contributed by atoms with Crippen molar-refractivity contribution in [1.82, 2.24) is 15.3 Å². The van der Waals surface area contributed by atoms with Crippen LogP contribution in [0.25, 0.3) is 0 Å². The minimum Gasteiger partial charge on any atom is -0.350 e. The summed E-state index contributed by atoms with van der Waals surface area (Å²) >= 11 is 6.06. The Morgan fingerprint density at radius 1 is 1.29 bits per heavy atom. The molecule has 0 aliphatic rings. The number of aromatic nitrogens is 2. The minimum absolute atomic E-state index is 0.229. The van der Waals surface area contributed by atoms with Gasteiger partial charge in [-0.15, -0.1) is 6.58 Å². The number of benzene rings is 1. The molecule has 0 aliphatic heterocycles. The largest absolute Gasteiger partial charge is 0.350 e. The first-order valence-electron chi connectivity index (χ1n) is 6.39. The van der Waals surface area contributed by atoms with Crippen LogP contribution in [0.1, 0.15) is 15.9 Å². The standard InChI is InChI=1S/C15H15ClN4O/c1-2-7-17-14(21)12-9-19-15(20-10-12)18-8-11-5-3-4-6-13(11)16/h2-6,9-10H,1,7-8H2,(H,17,21)(H,18,19,20). The molecule has 2 rings (SSSR count). The first-order chi connectivity index (χ1) is 10.2. The van der Waals surface area contributed by atoms with Crippen molar-refractivity contribution in [2.24, 2.45) is 0 Å². The highest BCUT2D eigenvalue weighted by atomic mass is 35.5. The van der Waals surface area contributed by atoms with Gasteiger partial charge in [-0.2, -0.15) is 0 Å². The first kappa shape index (κ1) is 15.0. The van der Waals surface area contributed by atoms with Gasteiger partial charge in [0.25, 0.3) is 5.91 Å². The molecule has 0 fully saturated rings. The van der Waals surface area contributed by atoms with Gasteiger partial charge in [0, 0.05) is 30.5 Å². The van der Waals surface area contributed by atoms with Crippen molar-refractivity contribution in [2.45, 2.75) is 6.54 Å². The maximum absolute atomic E-state index is 11.7. The van der Waals surface area contributed by atoms with Crippen LogP contribution in [0.5, 0.6) is 0 Å². The number of halogens is 1. The molecule has 0 atom stereocenters. The van der Waals surface area contributed by atoms with E-state index in [4.69, 9.17) is 11.6 Å². The maximum Gasteiger partial charge on any atom is 0.254 e. The van der Waals surface area contributed by atoms with Crippen LogP contribution in [-0.2, 0) is 6.54 Å². The molecule has 0 unspecified atom stereocenters. The van der Waals surface area contributed by atoms with Gasteiger partial charge in [-0.25, -0.2) is 9.97 Å². The van der Waals surface area contributed by atoms with Gasteiger partial charge >= 0.3 is 0 Å². The van der Waals surface area contributed by atoms with Gasteiger partial charge in [-0.05, 0) is 11.6 Å². The molecule has 0 aliphatic carbocycles. The van der Waals surface area contributed by atoms with E-state index >= 15 is 0 Å². The second-order valence-corrected chi connectivity index (χ2v) is 4.65. The fraction of sp³-hybridized carbons (Fsp3) is 0.133. The minimum atomic E-state index is -0.229. The smallest absolute Gasteiger partial charge is 0.254 e. The number of anilines is 1. The Hall–Kier alpha value is -2.40. The molecule has 2 N–H and O–H groups in total. The lowest BCUT2D eigenvalue weighted by atomic mass is 10.2. The molecular weight excluding hydrogens is 288 g/mol. The van der Waals surface area contributed by atoms with Crippen LogP contribution >= 0.6 is 11.6 Å². The molecule has 2 aromatic rings. The number of nitrogens with zero attached hydrogens (tertiary/aromatic N) is 2. The van der Waals surface area contributed by atoms with Gasteiger partial charge < -0.3 is 10.6 Å². The van der Waals surface area contributed by atoms with Crippen LogP contribution < -0.4 is 10.6 Å². The van der Waals surface area contributed by atoms with E-state index in [1.165, 1.54) is 12.4 Å². The van der Waals surface area contributed by atoms with Crippen LogP contribution in [0.15, 0.2) is 49.3 Å². The average molecular weight is 303 g/mol. The summed E-state index contributed by atoms with van der Waals surface area (Å²) < 4.78 is 0. The average Bonchev–Trinajstić information content (AvgIpc) is 2.52. The number of carbonyl (C=O) groups excluding carboxylic acids is 1. The maximum atomic E-state index is 11.7. The van der Waals surface area contributed by atoms with Gasteiger partial charge in [0.05, 0.1) is 5.56 Å². The van der Waals surface area contributed by atoms with E-state index in [1.807, 2.05) is 24.3 Å². The van der Waals surface area contributed by atoms with E-state index in [9.17, 15) is 4.79 Å². The molecule has 6 heteroatoms.